The predicted molar refractivity (Wildman–Crippen MR) is 93.5 cm³/mol. The second-order valence-electron chi connectivity index (χ2n) is 6.97. The minimum Gasteiger partial charge on any atom is -0.393 e. The number of aromatic nitrogens is 1. The van der Waals surface area contributed by atoms with Gasteiger partial charge in [0.1, 0.15) is 0 Å². The first kappa shape index (κ1) is 18.2. The summed E-state index contributed by atoms with van der Waals surface area (Å²) in [6.07, 6.45) is 6.69. The van der Waals surface area contributed by atoms with Crippen LogP contribution in [-0.2, 0) is 13.0 Å². The molecule has 5 nitrogen and oxygen atoms in total. The highest BCUT2D eigenvalue weighted by Gasteiger charge is 2.25. The van der Waals surface area contributed by atoms with Crippen LogP contribution in [0.3, 0.4) is 0 Å². The molecule has 1 saturated carbocycles. The number of nitrogens with zero attached hydrogens (tertiary/aromatic N) is 2. The molecule has 0 unspecified atom stereocenters. The third-order valence-electron chi connectivity index (χ3n) is 4.32. The fourth-order valence-corrected chi connectivity index (χ4v) is 4.08. The van der Waals surface area contributed by atoms with Crippen molar-refractivity contribution in [1.29, 1.82) is 0 Å². The maximum Gasteiger partial charge on any atom is 0.317 e. The topological polar surface area (TPSA) is 65.5 Å². The van der Waals surface area contributed by atoms with Crippen molar-refractivity contribution >= 4 is 17.4 Å². The Kier molecular flexibility index (Phi) is 6.84. The van der Waals surface area contributed by atoms with E-state index in [9.17, 15) is 9.90 Å². The summed E-state index contributed by atoms with van der Waals surface area (Å²) >= 11 is 1.67. The van der Waals surface area contributed by atoms with E-state index in [1.165, 1.54) is 0 Å². The lowest BCUT2D eigenvalue weighted by atomic mass is 9.86. The van der Waals surface area contributed by atoms with Crippen molar-refractivity contribution in [2.24, 2.45) is 11.8 Å². The van der Waals surface area contributed by atoms with Gasteiger partial charge in [0.15, 0.2) is 0 Å². The van der Waals surface area contributed by atoms with Crippen LogP contribution in [0.2, 0.25) is 0 Å². The van der Waals surface area contributed by atoms with E-state index in [-0.39, 0.29) is 18.1 Å². The zero-order valence-corrected chi connectivity index (χ0v) is 15.2. The summed E-state index contributed by atoms with van der Waals surface area (Å²) in [5, 5.41) is 14.1. The molecule has 2 atom stereocenters. The van der Waals surface area contributed by atoms with Gasteiger partial charge in [-0.05, 0) is 18.8 Å². The Labute approximate surface area is 143 Å². The SMILES string of the molecule is CC(C)Cc1ncc(CNC(=O)N(C)C[C@@H]2CCCC[C@H]2O)s1. The minimum absolute atomic E-state index is 0.0819. The lowest BCUT2D eigenvalue weighted by molar-refractivity contribution is 0.0565. The number of amides is 2. The third kappa shape index (κ3) is 5.77. The Morgan fingerprint density at radius 3 is 2.91 bits per heavy atom. The van der Waals surface area contributed by atoms with E-state index < -0.39 is 0 Å². The molecule has 0 saturated heterocycles. The molecule has 0 aromatic carbocycles. The number of aliphatic hydroxyl groups excluding tert-OH is 1. The zero-order chi connectivity index (χ0) is 16.8. The lowest BCUT2D eigenvalue weighted by Crippen LogP contribution is -2.42. The van der Waals surface area contributed by atoms with Crippen molar-refractivity contribution in [3.63, 3.8) is 0 Å². The van der Waals surface area contributed by atoms with Crippen LogP contribution < -0.4 is 5.32 Å². The molecule has 6 heteroatoms. The van der Waals surface area contributed by atoms with E-state index in [0.29, 0.717) is 19.0 Å². The van der Waals surface area contributed by atoms with Crippen molar-refractivity contribution in [2.75, 3.05) is 13.6 Å². The van der Waals surface area contributed by atoms with Gasteiger partial charge in [-0.2, -0.15) is 0 Å². The van der Waals surface area contributed by atoms with E-state index in [1.807, 2.05) is 6.20 Å². The molecule has 1 aliphatic carbocycles. The maximum atomic E-state index is 12.2. The van der Waals surface area contributed by atoms with Crippen LogP contribution in [0.15, 0.2) is 6.20 Å². The summed E-state index contributed by atoms with van der Waals surface area (Å²) in [5.41, 5.74) is 0. The van der Waals surface area contributed by atoms with Gasteiger partial charge in [0.05, 0.1) is 17.7 Å². The van der Waals surface area contributed by atoms with Crippen LogP contribution in [0.25, 0.3) is 0 Å². The van der Waals surface area contributed by atoms with Crippen LogP contribution >= 0.6 is 11.3 Å². The number of carbonyl (C=O) groups excluding carboxylic acids is 1. The van der Waals surface area contributed by atoms with E-state index >= 15 is 0 Å². The van der Waals surface area contributed by atoms with Gasteiger partial charge in [-0.3, -0.25) is 0 Å². The van der Waals surface area contributed by atoms with Crippen molar-refractivity contribution in [2.45, 2.75) is 58.6 Å². The van der Waals surface area contributed by atoms with Gasteiger partial charge in [0.2, 0.25) is 0 Å². The van der Waals surface area contributed by atoms with Gasteiger partial charge in [0.25, 0.3) is 0 Å². The molecule has 1 heterocycles. The average Bonchev–Trinajstić information content (AvgIpc) is 2.93. The molecule has 2 rings (SSSR count). The van der Waals surface area contributed by atoms with Gasteiger partial charge < -0.3 is 15.3 Å². The Hall–Kier alpha value is -1.14. The molecule has 0 bridgehead atoms. The summed E-state index contributed by atoms with van der Waals surface area (Å²) in [6, 6.07) is -0.0819. The monoisotopic (exact) mass is 339 g/mol. The second kappa shape index (κ2) is 8.64. The van der Waals surface area contributed by atoms with Gasteiger partial charge in [-0.1, -0.05) is 26.7 Å². The number of hydrogen-bond donors (Lipinski definition) is 2. The average molecular weight is 340 g/mol. The highest BCUT2D eigenvalue weighted by atomic mass is 32.1. The smallest absolute Gasteiger partial charge is 0.317 e. The Balaban J connectivity index is 1.76. The van der Waals surface area contributed by atoms with Crippen LogP contribution in [0.1, 0.15) is 49.4 Å². The molecule has 0 spiro atoms. The first-order valence-corrected chi connectivity index (χ1v) is 9.38. The van der Waals surface area contributed by atoms with Crippen molar-refractivity contribution in [3.05, 3.63) is 16.1 Å². The van der Waals surface area contributed by atoms with E-state index in [1.54, 1.807) is 23.3 Å². The molecule has 0 aliphatic heterocycles. The fourth-order valence-electron chi connectivity index (χ4n) is 3.01. The standard InChI is InChI=1S/C17H29N3O2S/c1-12(2)8-16-18-9-14(23-16)10-19-17(22)20(3)11-13-6-4-5-7-15(13)21/h9,12-13,15,21H,4-8,10-11H2,1-3H3,(H,19,22)/t13-,15+/m0/s1. The number of thiazole rings is 1. The second-order valence-corrected chi connectivity index (χ2v) is 8.17. The maximum absolute atomic E-state index is 12.2. The molecule has 1 aromatic heterocycles. The molecule has 130 valence electrons. The normalized spacial score (nSPS) is 21.4. The first-order valence-electron chi connectivity index (χ1n) is 8.56. The molecular formula is C17H29N3O2S. The minimum atomic E-state index is -0.265. The molecule has 1 aromatic rings. The van der Waals surface area contributed by atoms with Crippen molar-refractivity contribution < 1.29 is 9.90 Å². The van der Waals surface area contributed by atoms with Crippen molar-refractivity contribution in [1.82, 2.24) is 15.2 Å². The van der Waals surface area contributed by atoms with Crippen LogP contribution in [0.5, 0.6) is 0 Å². The Morgan fingerprint density at radius 2 is 2.22 bits per heavy atom. The Bertz CT molecular complexity index is 504. The molecule has 23 heavy (non-hydrogen) atoms. The molecule has 1 aliphatic rings. The number of aliphatic hydroxyl groups is 1. The summed E-state index contributed by atoms with van der Waals surface area (Å²) in [5.74, 6) is 0.803. The van der Waals surface area contributed by atoms with E-state index in [0.717, 1.165) is 42.0 Å². The number of rotatable bonds is 6. The van der Waals surface area contributed by atoms with Crippen LogP contribution in [-0.4, -0.2) is 40.7 Å². The predicted octanol–water partition coefficient (Wildman–Crippen LogP) is 3.03. The molecule has 2 N–H and O–H groups in total. The summed E-state index contributed by atoms with van der Waals surface area (Å²) < 4.78 is 0. The first-order chi connectivity index (χ1) is 11.0. The lowest BCUT2D eigenvalue weighted by Gasteiger charge is -2.31. The summed E-state index contributed by atoms with van der Waals surface area (Å²) in [7, 11) is 1.80. The van der Waals surface area contributed by atoms with Crippen LogP contribution in [0, 0.1) is 11.8 Å². The zero-order valence-electron chi connectivity index (χ0n) is 14.4. The largest absolute Gasteiger partial charge is 0.393 e. The highest BCUT2D eigenvalue weighted by Crippen LogP contribution is 2.25. The van der Waals surface area contributed by atoms with Crippen LogP contribution in [0.4, 0.5) is 4.79 Å². The summed E-state index contributed by atoms with van der Waals surface area (Å²) in [4.78, 5) is 19.4. The number of nitrogens with one attached hydrogen (secondary N) is 1. The Morgan fingerprint density at radius 1 is 1.48 bits per heavy atom. The van der Waals surface area contributed by atoms with Crippen molar-refractivity contribution in [3.8, 4) is 0 Å². The van der Waals surface area contributed by atoms with Gasteiger partial charge in [0, 0.05) is 37.0 Å². The van der Waals surface area contributed by atoms with Gasteiger partial charge in [-0.25, -0.2) is 9.78 Å². The van der Waals surface area contributed by atoms with Gasteiger partial charge >= 0.3 is 6.03 Å². The number of hydrogen-bond acceptors (Lipinski definition) is 4. The van der Waals surface area contributed by atoms with E-state index in [2.05, 4.69) is 24.1 Å². The number of urea groups is 1. The third-order valence-corrected chi connectivity index (χ3v) is 5.34. The summed E-state index contributed by atoms with van der Waals surface area (Å²) in [6.45, 7) is 5.50. The molecule has 1 fully saturated rings. The van der Waals surface area contributed by atoms with Gasteiger partial charge in [-0.15, -0.1) is 11.3 Å². The highest BCUT2D eigenvalue weighted by molar-refractivity contribution is 7.11. The molecular weight excluding hydrogens is 310 g/mol. The molecule has 0 radical (unpaired) electrons. The molecule has 2 amide bonds. The quantitative estimate of drug-likeness (QED) is 0.837. The fraction of sp³-hybridized carbons (Fsp3) is 0.765. The number of carbonyl (C=O) groups is 1. The van der Waals surface area contributed by atoms with E-state index in [4.69, 9.17) is 0 Å².